The highest BCUT2D eigenvalue weighted by atomic mass is 16.5. The molecular formula is C15H20N4O2. The van der Waals surface area contributed by atoms with E-state index in [9.17, 15) is 4.79 Å². The van der Waals surface area contributed by atoms with E-state index in [1.54, 1.807) is 23.8 Å². The van der Waals surface area contributed by atoms with Gasteiger partial charge in [0.05, 0.1) is 11.8 Å². The Morgan fingerprint density at radius 3 is 2.62 bits per heavy atom. The lowest BCUT2D eigenvalue weighted by molar-refractivity contribution is 0.0585. The summed E-state index contributed by atoms with van der Waals surface area (Å²) in [5.74, 6) is 0.213. The number of nitrogens with zero attached hydrogens (tertiary/aromatic N) is 3. The van der Waals surface area contributed by atoms with Gasteiger partial charge in [-0.1, -0.05) is 0 Å². The molecule has 0 aromatic carbocycles. The molecule has 2 heterocycles. The number of nitrogen functional groups attached to an aromatic ring is 1. The molecule has 3 rings (SSSR count). The molecule has 2 N–H and O–H groups in total. The molecule has 0 bridgehead atoms. The van der Waals surface area contributed by atoms with Gasteiger partial charge in [0.25, 0.3) is 5.56 Å². The van der Waals surface area contributed by atoms with Gasteiger partial charge >= 0.3 is 0 Å². The first-order valence-corrected chi connectivity index (χ1v) is 7.28. The van der Waals surface area contributed by atoms with Crippen LogP contribution in [0.1, 0.15) is 37.4 Å². The molecule has 0 aliphatic heterocycles. The van der Waals surface area contributed by atoms with E-state index < -0.39 is 0 Å². The van der Waals surface area contributed by atoms with Crippen LogP contribution in [0.3, 0.4) is 0 Å². The number of rotatable bonds is 2. The quantitative estimate of drug-likeness (QED) is 0.911. The van der Waals surface area contributed by atoms with Crippen molar-refractivity contribution in [2.45, 2.75) is 44.8 Å². The molecule has 0 amide bonds. The van der Waals surface area contributed by atoms with Gasteiger partial charge in [-0.25, -0.2) is 4.98 Å². The average molecular weight is 288 g/mol. The Kier molecular flexibility index (Phi) is 3.63. The van der Waals surface area contributed by atoms with Gasteiger partial charge in [-0.15, -0.1) is 0 Å². The molecular weight excluding hydrogens is 268 g/mol. The fourth-order valence-electron chi connectivity index (χ4n) is 3.20. The van der Waals surface area contributed by atoms with Crippen LogP contribution in [-0.4, -0.2) is 27.7 Å². The number of hydrogen-bond acceptors (Lipinski definition) is 5. The lowest BCUT2D eigenvalue weighted by Gasteiger charge is -2.29. The van der Waals surface area contributed by atoms with Gasteiger partial charge in [0, 0.05) is 24.6 Å². The largest absolute Gasteiger partial charge is 0.381 e. The summed E-state index contributed by atoms with van der Waals surface area (Å²) < 4.78 is 7.18. The average Bonchev–Trinajstić information content (AvgIpc) is 2.47. The van der Waals surface area contributed by atoms with E-state index in [2.05, 4.69) is 9.97 Å². The molecule has 0 atom stereocenters. The van der Waals surface area contributed by atoms with Gasteiger partial charge in [0.1, 0.15) is 5.65 Å². The van der Waals surface area contributed by atoms with Crippen molar-refractivity contribution in [2.24, 2.45) is 0 Å². The first-order chi connectivity index (χ1) is 10.1. The Morgan fingerprint density at radius 2 is 1.95 bits per heavy atom. The monoisotopic (exact) mass is 288 g/mol. The maximum absolute atomic E-state index is 12.3. The molecule has 0 unspecified atom stereocenters. The number of aromatic nitrogens is 3. The van der Waals surface area contributed by atoms with E-state index >= 15 is 0 Å². The summed E-state index contributed by atoms with van der Waals surface area (Å²) >= 11 is 0. The molecule has 1 saturated carbocycles. The first kappa shape index (κ1) is 14.0. The van der Waals surface area contributed by atoms with Crippen LogP contribution in [0.5, 0.6) is 0 Å². The third kappa shape index (κ3) is 2.51. The van der Waals surface area contributed by atoms with Crippen LogP contribution in [-0.2, 0) is 4.74 Å². The smallest absolute Gasteiger partial charge is 0.252 e. The topological polar surface area (TPSA) is 83.0 Å². The van der Waals surface area contributed by atoms with Gasteiger partial charge in [-0.3, -0.25) is 9.36 Å². The molecule has 6 heteroatoms. The standard InChI is InChI=1S/C15H20N4O2/c1-9-12-7-8-13(20)19(14(12)18-15(16)17-9)10-3-5-11(21-2)6-4-10/h7-8,10-11H,3-6H2,1-2H3,(H2,16,17,18). The first-order valence-electron chi connectivity index (χ1n) is 7.28. The number of nitrogens with two attached hydrogens (primary N) is 1. The lowest BCUT2D eigenvalue weighted by atomic mass is 9.92. The SMILES string of the molecule is COC1CCC(n2c(=O)ccc3c(C)nc(N)nc32)CC1. The Morgan fingerprint density at radius 1 is 1.24 bits per heavy atom. The van der Waals surface area contributed by atoms with Crippen molar-refractivity contribution < 1.29 is 4.74 Å². The van der Waals surface area contributed by atoms with Gasteiger partial charge in [-0.05, 0) is 38.7 Å². The van der Waals surface area contributed by atoms with Crippen molar-refractivity contribution in [2.75, 3.05) is 12.8 Å². The van der Waals surface area contributed by atoms with Crippen molar-refractivity contribution in [3.8, 4) is 0 Å². The van der Waals surface area contributed by atoms with Crippen LogP contribution < -0.4 is 11.3 Å². The van der Waals surface area contributed by atoms with E-state index in [0.29, 0.717) is 11.8 Å². The molecule has 2 aromatic heterocycles. The summed E-state index contributed by atoms with van der Waals surface area (Å²) in [7, 11) is 1.74. The van der Waals surface area contributed by atoms with Crippen molar-refractivity contribution in [1.82, 2.24) is 14.5 Å². The molecule has 0 saturated heterocycles. The molecule has 1 fully saturated rings. The Balaban J connectivity index is 2.09. The summed E-state index contributed by atoms with van der Waals surface area (Å²) in [6.45, 7) is 1.89. The molecule has 112 valence electrons. The lowest BCUT2D eigenvalue weighted by Crippen LogP contribution is -2.30. The van der Waals surface area contributed by atoms with Crippen molar-refractivity contribution in [3.63, 3.8) is 0 Å². The highest BCUT2D eigenvalue weighted by Gasteiger charge is 2.24. The zero-order valence-corrected chi connectivity index (χ0v) is 12.4. The summed E-state index contributed by atoms with van der Waals surface area (Å²) in [4.78, 5) is 20.8. The highest BCUT2D eigenvalue weighted by Crippen LogP contribution is 2.30. The molecule has 1 aliphatic rings. The Bertz CT molecular complexity index is 717. The van der Waals surface area contributed by atoms with Crippen LogP contribution in [0.2, 0.25) is 0 Å². The maximum atomic E-state index is 12.3. The molecule has 2 aromatic rings. The van der Waals surface area contributed by atoms with Gasteiger partial charge in [0.15, 0.2) is 0 Å². The third-order valence-electron chi connectivity index (χ3n) is 4.33. The second kappa shape index (κ2) is 5.44. The predicted octanol–water partition coefficient (Wildman–Crippen LogP) is 1.81. The minimum Gasteiger partial charge on any atom is -0.381 e. The van der Waals surface area contributed by atoms with Gasteiger partial charge in [0.2, 0.25) is 5.95 Å². The summed E-state index contributed by atoms with van der Waals surface area (Å²) in [6, 6.07) is 3.53. The second-order valence-corrected chi connectivity index (χ2v) is 5.61. The number of aryl methyl sites for hydroxylation is 1. The molecule has 0 radical (unpaired) electrons. The number of pyridine rings is 1. The Hall–Kier alpha value is -1.95. The number of anilines is 1. The van der Waals surface area contributed by atoms with Crippen molar-refractivity contribution in [3.05, 3.63) is 28.2 Å². The second-order valence-electron chi connectivity index (χ2n) is 5.61. The Labute approximate surface area is 123 Å². The minimum absolute atomic E-state index is 0.0270. The van der Waals surface area contributed by atoms with Crippen molar-refractivity contribution in [1.29, 1.82) is 0 Å². The van der Waals surface area contributed by atoms with E-state index in [-0.39, 0.29) is 17.5 Å². The molecule has 6 nitrogen and oxygen atoms in total. The van der Waals surface area contributed by atoms with Gasteiger partial charge in [-0.2, -0.15) is 4.98 Å². The molecule has 1 aliphatic carbocycles. The third-order valence-corrected chi connectivity index (χ3v) is 4.33. The number of hydrogen-bond donors (Lipinski definition) is 1. The molecule has 0 spiro atoms. The van der Waals surface area contributed by atoms with Crippen LogP contribution >= 0.6 is 0 Å². The number of fused-ring (bicyclic) bond motifs is 1. The summed E-state index contributed by atoms with van der Waals surface area (Å²) in [5, 5.41) is 0.887. The maximum Gasteiger partial charge on any atom is 0.252 e. The zero-order chi connectivity index (χ0) is 15.0. The zero-order valence-electron chi connectivity index (χ0n) is 12.4. The fourth-order valence-corrected chi connectivity index (χ4v) is 3.20. The van der Waals surface area contributed by atoms with E-state index in [0.717, 1.165) is 36.8 Å². The van der Waals surface area contributed by atoms with Crippen LogP contribution in [0, 0.1) is 6.92 Å². The van der Waals surface area contributed by atoms with E-state index in [4.69, 9.17) is 10.5 Å². The summed E-state index contributed by atoms with van der Waals surface area (Å²) in [6.07, 6.45) is 4.06. The fraction of sp³-hybridized carbons (Fsp3) is 0.533. The number of methoxy groups -OCH3 is 1. The van der Waals surface area contributed by atoms with E-state index in [1.165, 1.54) is 0 Å². The van der Waals surface area contributed by atoms with Gasteiger partial charge < -0.3 is 10.5 Å². The highest BCUT2D eigenvalue weighted by molar-refractivity contribution is 5.78. The van der Waals surface area contributed by atoms with Crippen LogP contribution in [0.25, 0.3) is 11.0 Å². The van der Waals surface area contributed by atoms with Crippen molar-refractivity contribution >= 4 is 17.0 Å². The number of ether oxygens (including phenoxy) is 1. The predicted molar refractivity (Wildman–Crippen MR) is 81.2 cm³/mol. The van der Waals surface area contributed by atoms with Crippen LogP contribution in [0.15, 0.2) is 16.9 Å². The van der Waals surface area contributed by atoms with E-state index in [1.807, 2.05) is 6.92 Å². The normalized spacial score (nSPS) is 22.6. The minimum atomic E-state index is -0.0270. The summed E-state index contributed by atoms with van der Waals surface area (Å²) in [5.41, 5.74) is 7.18. The van der Waals surface area contributed by atoms with Crippen LogP contribution in [0.4, 0.5) is 5.95 Å². The molecule has 21 heavy (non-hydrogen) atoms.